The third-order valence-corrected chi connectivity index (χ3v) is 4.69. The molecule has 1 atom stereocenters. The van der Waals surface area contributed by atoms with E-state index in [4.69, 9.17) is 4.52 Å². The van der Waals surface area contributed by atoms with Crippen LogP contribution in [0.25, 0.3) is 0 Å². The van der Waals surface area contributed by atoms with Crippen LogP contribution in [0.15, 0.2) is 24.3 Å². The number of benzene rings is 1. The molecule has 0 aliphatic carbocycles. The lowest BCUT2D eigenvalue weighted by atomic mass is 10.1. The van der Waals surface area contributed by atoms with Gasteiger partial charge < -0.3 is 4.52 Å². The standard InChI is InChI=1S/C13H18F3OP/c1-3-8-18(17-4-2)10-11-6-5-7-12(9-11)13(14,15)16/h5-7,9H,3-4,8,10H2,1-2H3. The van der Waals surface area contributed by atoms with Crippen molar-refractivity contribution in [2.24, 2.45) is 0 Å². The topological polar surface area (TPSA) is 9.23 Å². The highest BCUT2D eigenvalue weighted by Gasteiger charge is 2.30. The molecule has 1 unspecified atom stereocenters. The highest BCUT2D eigenvalue weighted by atomic mass is 31.1. The van der Waals surface area contributed by atoms with Crippen molar-refractivity contribution in [1.82, 2.24) is 0 Å². The van der Waals surface area contributed by atoms with Crippen molar-refractivity contribution >= 4 is 8.15 Å². The van der Waals surface area contributed by atoms with E-state index in [1.807, 2.05) is 6.92 Å². The van der Waals surface area contributed by atoms with Gasteiger partial charge in [-0.25, -0.2) is 0 Å². The Labute approximate surface area is 107 Å². The largest absolute Gasteiger partial charge is 0.416 e. The van der Waals surface area contributed by atoms with E-state index in [1.165, 1.54) is 12.1 Å². The number of alkyl halides is 3. The smallest absolute Gasteiger partial charge is 0.359 e. The van der Waals surface area contributed by atoms with Crippen LogP contribution in [0.1, 0.15) is 31.4 Å². The van der Waals surface area contributed by atoms with Gasteiger partial charge in [0.05, 0.1) is 5.56 Å². The SMILES string of the molecule is CCCP(Cc1cccc(C(F)(F)F)c1)OCC. The minimum absolute atomic E-state index is 0.581. The van der Waals surface area contributed by atoms with Crippen molar-refractivity contribution in [2.75, 3.05) is 12.8 Å². The molecule has 0 N–H and O–H groups in total. The van der Waals surface area contributed by atoms with Crippen LogP contribution in [-0.2, 0) is 16.9 Å². The predicted octanol–water partition coefficient (Wildman–Crippen LogP) is 5.05. The Kier molecular flexibility index (Phi) is 6.10. The molecule has 18 heavy (non-hydrogen) atoms. The molecule has 5 heteroatoms. The van der Waals surface area contributed by atoms with Crippen LogP contribution in [0, 0.1) is 0 Å². The summed E-state index contributed by atoms with van der Waals surface area (Å²) in [6.07, 6.45) is -1.75. The van der Waals surface area contributed by atoms with E-state index in [9.17, 15) is 13.2 Å². The molecule has 0 heterocycles. The summed E-state index contributed by atoms with van der Waals surface area (Å²) in [4.78, 5) is 0. The summed E-state index contributed by atoms with van der Waals surface area (Å²) in [5, 5.41) is 0. The normalized spacial score (nSPS) is 13.6. The average molecular weight is 278 g/mol. The van der Waals surface area contributed by atoms with Gasteiger partial charge in [0, 0.05) is 20.9 Å². The van der Waals surface area contributed by atoms with E-state index >= 15 is 0 Å². The first-order valence-corrected chi connectivity index (χ1v) is 7.64. The first-order chi connectivity index (χ1) is 8.47. The zero-order valence-corrected chi connectivity index (χ0v) is 11.5. The Bertz CT molecular complexity index is 359. The first kappa shape index (κ1) is 15.5. The molecule has 102 valence electrons. The van der Waals surface area contributed by atoms with E-state index in [1.54, 1.807) is 6.07 Å². The van der Waals surface area contributed by atoms with E-state index in [0.29, 0.717) is 18.3 Å². The lowest BCUT2D eigenvalue weighted by Crippen LogP contribution is -2.05. The summed E-state index contributed by atoms with van der Waals surface area (Å²) in [5.74, 6) is 0. The quantitative estimate of drug-likeness (QED) is 0.662. The highest BCUT2D eigenvalue weighted by molar-refractivity contribution is 7.51. The van der Waals surface area contributed by atoms with Crippen LogP contribution in [0.3, 0.4) is 0 Å². The van der Waals surface area contributed by atoms with E-state index < -0.39 is 19.9 Å². The van der Waals surface area contributed by atoms with Gasteiger partial charge in [0.25, 0.3) is 0 Å². The summed E-state index contributed by atoms with van der Waals surface area (Å²) in [6.45, 7) is 4.59. The van der Waals surface area contributed by atoms with Crippen molar-refractivity contribution in [1.29, 1.82) is 0 Å². The zero-order chi connectivity index (χ0) is 13.6. The van der Waals surface area contributed by atoms with Gasteiger partial charge in [-0.2, -0.15) is 13.2 Å². The zero-order valence-electron chi connectivity index (χ0n) is 10.6. The lowest BCUT2D eigenvalue weighted by molar-refractivity contribution is -0.137. The molecule has 0 aliphatic heterocycles. The molecule has 0 aromatic heterocycles. The third-order valence-electron chi connectivity index (χ3n) is 2.40. The van der Waals surface area contributed by atoms with Gasteiger partial charge in [-0.1, -0.05) is 31.5 Å². The summed E-state index contributed by atoms with van der Waals surface area (Å²) in [7, 11) is -0.653. The summed E-state index contributed by atoms with van der Waals surface area (Å²) < 4.78 is 43.3. The predicted molar refractivity (Wildman–Crippen MR) is 68.9 cm³/mol. The number of hydrogen-bond donors (Lipinski definition) is 0. The van der Waals surface area contributed by atoms with E-state index in [2.05, 4.69) is 6.92 Å². The summed E-state index contributed by atoms with van der Waals surface area (Å²) >= 11 is 0. The maximum absolute atomic E-state index is 12.6. The maximum Gasteiger partial charge on any atom is 0.416 e. The second kappa shape index (κ2) is 7.10. The van der Waals surface area contributed by atoms with Gasteiger partial charge in [0.15, 0.2) is 0 Å². The fourth-order valence-electron chi connectivity index (χ4n) is 1.67. The molecule has 0 radical (unpaired) electrons. The van der Waals surface area contributed by atoms with Crippen LogP contribution < -0.4 is 0 Å². The molecular weight excluding hydrogens is 260 g/mol. The van der Waals surface area contributed by atoms with Gasteiger partial charge >= 0.3 is 6.18 Å². The molecule has 1 aromatic rings. The third kappa shape index (κ3) is 4.95. The van der Waals surface area contributed by atoms with Crippen molar-refractivity contribution in [3.05, 3.63) is 35.4 Å². The minimum atomic E-state index is -4.27. The average Bonchev–Trinajstić information content (AvgIpc) is 2.29. The van der Waals surface area contributed by atoms with Crippen molar-refractivity contribution < 1.29 is 17.7 Å². The van der Waals surface area contributed by atoms with Crippen LogP contribution in [-0.4, -0.2) is 12.8 Å². The molecule has 0 amide bonds. The monoisotopic (exact) mass is 278 g/mol. The second-order valence-corrected chi connectivity index (χ2v) is 5.96. The number of hydrogen-bond acceptors (Lipinski definition) is 1. The number of halogens is 3. The van der Waals surface area contributed by atoms with Gasteiger partial charge in [0.2, 0.25) is 0 Å². The maximum atomic E-state index is 12.6. The molecule has 0 spiro atoms. The Morgan fingerprint density at radius 2 is 1.94 bits per heavy atom. The fraction of sp³-hybridized carbons (Fsp3) is 0.538. The summed E-state index contributed by atoms with van der Waals surface area (Å²) in [5.41, 5.74) is 0.126. The Balaban J connectivity index is 2.77. The molecule has 0 saturated carbocycles. The van der Waals surface area contributed by atoms with Gasteiger partial charge in [0.1, 0.15) is 0 Å². The van der Waals surface area contributed by atoms with Crippen LogP contribution >= 0.6 is 8.15 Å². The van der Waals surface area contributed by atoms with Gasteiger partial charge in [-0.3, -0.25) is 0 Å². The molecule has 1 nitrogen and oxygen atoms in total. The molecule has 0 bridgehead atoms. The Morgan fingerprint density at radius 3 is 2.50 bits per heavy atom. The fourth-order valence-corrected chi connectivity index (χ4v) is 3.52. The first-order valence-electron chi connectivity index (χ1n) is 6.01. The van der Waals surface area contributed by atoms with Crippen molar-refractivity contribution in [2.45, 2.75) is 32.6 Å². The molecule has 0 fully saturated rings. The van der Waals surface area contributed by atoms with Gasteiger partial charge in [-0.05, 0) is 24.7 Å². The molecule has 0 saturated heterocycles. The van der Waals surface area contributed by atoms with E-state index in [-0.39, 0.29) is 0 Å². The molecule has 1 aromatic carbocycles. The number of rotatable bonds is 6. The molecule has 0 aliphatic rings. The minimum Gasteiger partial charge on any atom is -0.359 e. The van der Waals surface area contributed by atoms with Crippen LogP contribution in [0.4, 0.5) is 13.2 Å². The van der Waals surface area contributed by atoms with E-state index in [0.717, 1.165) is 18.6 Å². The van der Waals surface area contributed by atoms with Crippen molar-refractivity contribution in [3.63, 3.8) is 0 Å². The lowest BCUT2D eigenvalue weighted by Gasteiger charge is -2.17. The molecular formula is C13H18F3OP. The Morgan fingerprint density at radius 1 is 1.22 bits per heavy atom. The summed E-state index contributed by atoms with van der Waals surface area (Å²) in [6, 6.07) is 5.53. The van der Waals surface area contributed by atoms with Gasteiger partial charge in [-0.15, -0.1) is 0 Å². The van der Waals surface area contributed by atoms with Crippen LogP contribution in [0.5, 0.6) is 0 Å². The van der Waals surface area contributed by atoms with Crippen molar-refractivity contribution in [3.8, 4) is 0 Å². The highest BCUT2D eigenvalue weighted by Crippen LogP contribution is 2.42. The van der Waals surface area contributed by atoms with Crippen LogP contribution in [0.2, 0.25) is 0 Å². The Hall–Kier alpha value is -0.600. The second-order valence-electron chi connectivity index (χ2n) is 3.98. The molecule has 1 rings (SSSR count).